The summed E-state index contributed by atoms with van der Waals surface area (Å²) >= 11 is 0. The second-order valence-corrected chi connectivity index (χ2v) is 7.42. The number of hydrogen-bond donors (Lipinski definition) is 2. The lowest BCUT2D eigenvalue weighted by molar-refractivity contribution is -0.124. The highest BCUT2D eigenvalue weighted by molar-refractivity contribution is 5.93. The van der Waals surface area contributed by atoms with Crippen molar-refractivity contribution in [3.8, 4) is 0 Å². The Morgan fingerprint density at radius 3 is 2.29 bits per heavy atom. The van der Waals surface area contributed by atoms with Crippen LogP contribution in [0.2, 0.25) is 0 Å². The molecule has 0 radical (unpaired) electrons. The van der Waals surface area contributed by atoms with Crippen LogP contribution in [-0.4, -0.2) is 42.4 Å². The number of hydrogen-bond acceptors (Lipinski definition) is 3. The lowest BCUT2D eigenvalue weighted by atomic mass is 9.97. The lowest BCUT2D eigenvalue weighted by Crippen LogP contribution is -2.46. The molecule has 0 heterocycles. The smallest absolute Gasteiger partial charge is 0.238 e. The van der Waals surface area contributed by atoms with Gasteiger partial charge in [-0.3, -0.25) is 14.5 Å². The van der Waals surface area contributed by atoms with Crippen molar-refractivity contribution in [1.82, 2.24) is 10.2 Å². The van der Waals surface area contributed by atoms with E-state index in [0.29, 0.717) is 5.92 Å². The fourth-order valence-corrected chi connectivity index (χ4v) is 2.45. The molecule has 0 aliphatic rings. The van der Waals surface area contributed by atoms with E-state index >= 15 is 0 Å². The maximum absolute atomic E-state index is 12.3. The van der Waals surface area contributed by atoms with E-state index in [-0.39, 0.29) is 30.4 Å². The predicted molar refractivity (Wildman–Crippen MR) is 99.2 cm³/mol. The molecule has 5 heteroatoms. The molecule has 1 rings (SSSR count). The van der Waals surface area contributed by atoms with Crippen molar-refractivity contribution >= 4 is 17.5 Å². The van der Waals surface area contributed by atoms with Gasteiger partial charge in [0, 0.05) is 11.2 Å². The highest BCUT2D eigenvalue weighted by Crippen LogP contribution is 2.26. The van der Waals surface area contributed by atoms with Crippen molar-refractivity contribution in [2.75, 3.05) is 25.5 Å². The predicted octanol–water partition coefficient (Wildman–Crippen LogP) is 2.99. The third-order valence-electron chi connectivity index (χ3n) is 3.72. The van der Waals surface area contributed by atoms with Gasteiger partial charge in [-0.1, -0.05) is 32.0 Å². The van der Waals surface area contributed by atoms with Gasteiger partial charge in [0.05, 0.1) is 13.1 Å². The summed E-state index contributed by atoms with van der Waals surface area (Å²) < 4.78 is 0. The molecule has 0 fully saturated rings. The molecule has 24 heavy (non-hydrogen) atoms. The number of para-hydroxylation sites is 1. The van der Waals surface area contributed by atoms with Gasteiger partial charge in [-0.15, -0.1) is 0 Å². The number of likely N-dealkylation sites (N-methyl/N-ethyl adjacent to an activating group) is 1. The van der Waals surface area contributed by atoms with Crippen LogP contribution in [0, 0.1) is 0 Å². The van der Waals surface area contributed by atoms with E-state index in [9.17, 15) is 9.59 Å². The molecule has 134 valence electrons. The summed E-state index contributed by atoms with van der Waals surface area (Å²) in [5, 5.41) is 5.86. The Morgan fingerprint density at radius 2 is 1.71 bits per heavy atom. The van der Waals surface area contributed by atoms with Crippen molar-refractivity contribution in [3.63, 3.8) is 0 Å². The minimum Gasteiger partial charge on any atom is -0.350 e. The molecule has 1 aromatic rings. The molecule has 0 spiro atoms. The molecule has 2 N–H and O–H groups in total. The van der Waals surface area contributed by atoms with Gasteiger partial charge in [-0.2, -0.15) is 0 Å². The van der Waals surface area contributed by atoms with Crippen LogP contribution in [0.4, 0.5) is 5.69 Å². The molecule has 0 saturated heterocycles. The first kappa shape index (κ1) is 20.2. The van der Waals surface area contributed by atoms with Gasteiger partial charge in [-0.25, -0.2) is 0 Å². The SMILES string of the molecule is CC[C@@H](C)c1ccccc1NC(=O)CN(C)CC(=O)NC(C)(C)C. The van der Waals surface area contributed by atoms with E-state index in [1.807, 2.05) is 45.0 Å². The van der Waals surface area contributed by atoms with E-state index in [0.717, 1.165) is 17.7 Å². The molecule has 0 aliphatic heterocycles. The number of amides is 2. The van der Waals surface area contributed by atoms with Crippen LogP contribution in [0.3, 0.4) is 0 Å². The first-order valence-corrected chi connectivity index (χ1v) is 8.50. The second-order valence-electron chi connectivity index (χ2n) is 7.42. The Hall–Kier alpha value is -1.88. The summed E-state index contributed by atoms with van der Waals surface area (Å²) in [5.41, 5.74) is 1.72. The number of nitrogens with one attached hydrogen (secondary N) is 2. The van der Waals surface area contributed by atoms with E-state index < -0.39 is 0 Å². The number of carbonyl (C=O) groups excluding carboxylic acids is 2. The second kappa shape index (κ2) is 8.83. The number of rotatable bonds is 7. The Bertz CT molecular complexity index is 564. The summed E-state index contributed by atoms with van der Waals surface area (Å²) in [7, 11) is 1.77. The fraction of sp³-hybridized carbons (Fsp3) is 0.579. The molecule has 2 amide bonds. The van der Waals surface area contributed by atoms with Crippen LogP contribution in [-0.2, 0) is 9.59 Å². The van der Waals surface area contributed by atoms with E-state index in [1.165, 1.54) is 0 Å². The number of benzene rings is 1. The van der Waals surface area contributed by atoms with Gasteiger partial charge in [0.2, 0.25) is 11.8 Å². The number of anilines is 1. The highest BCUT2D eigenvalue weighted by Gasteiger charge is 2.17. The minimum absolute atomic E-state index is 0.0854. The fourth-order valence-electron chi connectivity index (χ4n) is 2.45. The van der Waals surface area contributed by atoms with Crippen LogP contribution in [0.15, 0.2) is 24.3 Å². The van der Waals surface area contributed by atoms with Gasteiger partial charge in [-0.05, 0) is 51.8 Å². The topological polar surface area (TPSA) is 61.4 Å². The van der Waals surface area contributed by atoms with Gasteiger partial charge >= 0.3 is 0 Å². The first-order valence-electron chi connectivity index (χ1n) is 8.50. The average molecular weight is 333 g/mol. The maximum Gasteiger partial charge on any atom is 0.238 e. The van der Waals surface area contributed by atoms with E-state index in [1.54, 1.807) is 11.9 Å². The standard InChI is InChI=1S/C19H31N3O2/c1-7-14(2)15-10-8-9-11-16(15)20-17(23)12-22(6)13-18(24)21-19(3,4)5/h8-11,14H,7,12-13H2,1-6H3,(H,20,23)(H,21,24)/t14-/m1/s1. The minimum atomic E-state index is -0.268. The van der Waals surface area contributed by atoms with Crippen molar-refractivity contribution in [3.05, 3.63) is 29.8 Å². The van der Waals surface area contributed by atoms with E-state index in [4.69, 9.17) is 0 Å². The summed E-state index contributed by atoms with van der Waals surface area (Å²) in [5.74, 6) is 0.186. The van der Waals surface area contributed by atoms with Crippen LogP contribution in [0.5, 0.6) is 0 Å². The Kier molecular flexibility index (Phi) is 7.42. The normalized spacial score (nSPS) is 12.8. The van der Waals surface area contributed by atoms with Crippen molar-refractivity contribution in [1.29, 1.82) is 0 Å². The molecule has 0 saturated carbocycles. The van der Waals surface area contributed by atoms with Crippen LogP contribution < -0.4 is 10.6 Å². The Labute approximate surface area is 145 Å². The molecule has 0 aromatic heterocycles. The van der Waals surface area contributed by atoms with Gasteiger partial charge in [0.1, 0.15) is 0 Å². The quantitative estimate of drug-likeness (QED) is 0.806. The molecule has 1 aromatic carbocycles. The Morgan fingerprint density at radius 1 is 1.12 bits per heavy atom. The molecule has 1 atom stereocenters. The summed E-state index contributed by atoms with van der Waals surface area (Å²) in [6, 6.07) is 7.87. The van der Waals surface area contributed by atoms with Gasteiger partial charge < -0.3 is 10.6 Å². The zero-order valence-electron chi connectivity index (χ0n) is 15.8. The third-order valence-corrected chi connectivity index (χ3v) is 3.72. The molecule has 0 aliphatic carbocycles. The van der Waals surface area contributed by atoms with Crippen molar-refractivity contribution < 1.29 is 9.59 Å². The van der Waals surface area contributed by atoms with Crippen molar-refractivity contribution in [2.24, 2.45) is 0 Å². The lowest BCUT2D eigenvalue weighted by Gasteiger charge is -2.23. The number of nitrogens with zero attached hydrogens (tertiary/aromatic N) is 1. The zero-order chi connectivity index (χ0) is 18.3. The summed E-state index contributed by atoms with van der Waals surface area (Å²) in [6.07, 6.45) is 1.01. The van der Waals surface area contributed by atoms with Crippen molar-refractivity contribution in [2.45, 2.75) is 52.5 Å². The number of carbonyl (C=O) groups is 2. The molecule has 5 nitrogen and oxygen atoms in total. The average Bonchev–Trinajstić information content (AvgIpc) is 2.44. The Balaban J connectivity index is 2.59. The third kappa shape index (κ3) is 7.13. The zero-order valence-corrected chi connectivity index (χ0v) is 15.8. The molecular formula is C19H31N3O2. The van der Waals surface area contributed by atoms with Crippen LogP contribution in [0.1, 0.15) is 52.5 Å². The highest BCUT2D eigenvalue weighted by atomic mass is 16.2. The van der Waals surface area contributed by atoms with Gasteiger partial charge in [0.15, 0.2) is 0 Å². The monoisotopic (exact) mass is 333 g/mol. The van der Waals surface area contributed by atoms with Gasteiger partial charge in [0.25, 0.3) is 0 Å². The van der Waals surface area contributed by atoms with Crippen LogP contribution in [0.25, 0.3) is 0 Å². The van der Waals surface area contributed by atoms with Crippen LogP contribution >= 0.6 is 0 Å². The van der Waals surface area contributed by atoms with E-state index in [2.05, 4.69) is 24.5 Å². The molecular weight excluding hydrogens is 302 g/mol. The molecule has 0 unspecified atom stereocenters. The maximum atomic E-state index is 12.3. The largest absolute Gasteiger partial charge is 0.350 e. The summed E-state index contributed by atoms with van der Waals surface area (Å²) in [6.45, 7) is 10.4. The molecule has 0 bridgehead atoms. The summed E-state index contributed by atoms with van der Waals surface area (Å²) in [4.78, 5) is 25.9. The first-order chi connectivity index (χ1) is 11.1.